The smallest absolute Gasteiger partial charge is 0.357 e. The minimum atomic E-state index is -3.72. The molecule has 0 aliphatic carbocycles. The fourth-order valence-electron chi connectivity index (χ4n) is 3.23. The second-order valence-corrected chi connectivity index (χ2v) is 10.5. The van der Waals surface area contributed by atoms with Crippen LogP contribution in [0, 0.1) is 0 Å². The number of methoxy groups -OCH3 is 2. The van der Waals surface area contributed by atoms with Crippen molar-refractivity contribution in [2.75, 3.05) is 34.0 Å². The Hall–Kier alpha value is -3.18. The third-order valence-electron chi connectivity index (χ3n) is 4.90. The number of benzene rings is 2. The van der Waals surface area contributed by atoms with Crippen molar-refractivity contribution in [2.45, 2.75) is 19.6 Å². The zero-order valence-electron chi connectivity index (χ0n) is 21.4. The highest BCUT2D eigenvalue weighted by atomic mass is 79.9. The number of nitrogens with one attached hydrogen (secondary N) is 1. The third kappa shape index (κ3) is 8.16. The molecule has 1 amide bonds. The lowest BCUT2D eigenvalue weighted by atomic mass is 10.2. The van der Waals surface area contributed by atoms with Gasteiger partial charge in [0, 0.05) is 4.47 Å². The topological polar surface area (TPSA) is 127 Å². The Kier molecular flexibility index (Phi) is 10.9. The number of aromatic nitrogens is 2. The van der Waals surface area contributed by atoms with Crippen molar-refractivity contribution < 1.29 is 37.4 Å². The van der Waals surface area contributed by atoms with Crippen LogP contribution in [0.3, 0.4) is 0 Å². The van der Waals surface area contributed by atoms with Crippen molar-refractivity contribution >= 4 is 29.4 Å². The fourth-order valence-corrected chi connectivity index (χ4v) is 5.42. The molecule has 13 heteroatoms. The number of ether oxygens (including phenoxy) is 4. The number of halogens is 1. The van der Waals surface area contributed by atoms with E-state index in [9.17, 15) is 9.36 Å². The molecule has 38 heavy (non-hydrogen) atoms. The first kappa shape index (κ1) is 29.4. The number of hydrogen-bond donors (Lipinski definition) is 1. The maximum atomic E-state index is 13.5. The van der Waals surface area contributed by atoms with E-state index in [2.05, 4.69) is 31.2 Å². The number of rotatable bonds is 14. The summed E-state index contributed by atoms with van der Waals surface area (Å²) in [6, 6.07) is 15.1. The molecule has 0 saturated carbocycles. The van der Waals surface area contributed by atoms with Gasteiger partial charge in [-0.25, -0.2) is 0 Å². The predicted molar refractivity (Wildman–Crippen MR) is 143 cm³/mol. The minimum absolute atomic E-state index is 0.0428. The summed E-state index contributed by atoms with van der Waals surface area (Å²) in [6.07, 6.45) is 0. The van der Waals surface area contributed by atoms with Gasteiger partial charge in [-0.3, -0.25) is 9.36 Å². The molecular weight excluding hydrogens is 581 g/mol. The predicted octanol–water partition coefficient (Wildman–Crippen LogP) is 5.51. The molecule has 1 atom stereocenters. The highest BCUT2D eigenvalue weighted by molar-refractivity contribution is 9.10. The Balaban J connectivity index is 1.66. The maximum Gasteiger partial charge on any atom is 0.357 e. The van der Waals surface area contributed by atoms with Crippen molar-refractivity contribution in [2.24, 2.45) is 0 Å². The Morgan fingerprint density at radius 3 is 2.00 bits per heavy atom. The number of amides is 1. The normalized spacial score (nSPS) is 11.9. The highest BCUT2D eigenvalue weighted by Crippen LogP contribution is 2.59. The molecule has 11 nitrogen and oxygen atoms in total. The van der Waals surface area contributed by atoms with Gasteiger partial charge in [-0.2, -0.15) is 9.97 Å². The van der Waals surface area contributed by atoms with Crippen LogP contribution in [0.4, 0.5) is 0 Å². The molecule has 1 heterocycles. The number of carbonyl (C=O) groups excluding carboxylic acids is 1. The Bertz CT molecular complexity index is 1210. The van der Waals surface area contributed by atoms with Gasteiger partial charge >= 0.3 is 13.6 Å². The first-order valence-electron chi connectivity index (χ1n) is 11.6. The molecule has 0 aliphatic rings. The van der Waals surface area contributed by atoms with Crippen molar-refractivity contribution in [1.29, 1.82) is 0 Å². The van der Waals surface area contributed by atoms with Gasteiger partial charge in [-0.15, -0.1) is 0 Å². The van der Waals surface area contributed by atoms with Crippen LogP contribution >= 0.6 is 23.5 Å². The first-order chi connectivity index (χ1) is 18.3. The summed E-state index contributed by atoms with van der Waals surface area (Å²) in [5.74, 6) is -0.0941. The summed E-state index contributed by atoms with van der Waals surface area (Å²) in [4.78, 5) is 21.0. The van der Waals surface area contributed by atoms with Crippen molar-refractivity contribution in [3.63, 3.8) is 0 Å². The number of nitrogens with zero attached hydrogens (tertiary/aromatic N) is 2. The molecule has 3 rings (SSSR count). The fraction of sp³-hybridized carbons (Fsp3) is 0.320. The third-order valence-corrected chi connectivity index (χ3v) is 7.72. The molecular formula is C25H29BrN3O8P. The lowest BCUT2D eigenvalue weighted by Gasteiger charge is -2.27. The van der Waals surface area contributed by atoms with E-state index in [1.165, 1.54) is 20.3 Å². The maximum absolute atomic E-state index is 13.5. The summed E-state index contributed by atoms with van der Waals surface area (Å²) in [5, 5.41) is 2.74. The molecule has 1 aromatic heterocycles. The molecule has 1 unspecified atom stereocenters. The molecule has 0 spiro atoms. The summed E-state index contributed by atoms with van der Waals surface area (Å²) in [7, 11) is -0.770. The van der Waals surface area contributed by atoms with E-state index in [-0.39, 0.29) is 37.6 Å². The van der Waals surface area contributed by atoms with Crippen molar-refractivity contribution in [1.82, 2.24) is 15.3 Å². The van der Waals surface area contributed by atoms with Gasteiger partial charge in [0.25, 0.3) is 5.91 Å². The minimum Gasteiger partial charge on any atom is -0.484 e. The van der Waals surface area contributed by atoms with Crippen LogP contribution in [0.2, 0.25) is 0 Å². The summed E-state index contributed by atoms with van der Waals surface area (Å²) in [6.45, 7) is 3.39. The highest BCUT2D eigenvalue weighted by Gasteiger charge is 2.38. The molecule has 0 radical (unpaired) electrons. The van der Waals surface area contributed by atoms with Gasteiger partial charge in [0.1, 0.15) is 11.5 Å². The molecule has 1 N–H and O–H groups in total. The van der Waals surface area contributed by atoms with Crippen molar-refractivity contribution in [3.8, 4) is 29.3 Å². The van der Waals surface area contributed by atoms with E-state index in [1.54, 1.807) is 62.4 Å². The van der Waals surface area contributed by atoms with E-state index in [4.69, 9.17) is 28.0 Å². The molecule has 0 fully saturated rings. The van der Waals surface area contributed by atoms with Crippen molar-refractivity contribution in [3.05, 3.63) is 64.6 Å². The van der Waals surface area contributed by atoms with Crippen LogP contribution in [0.5, 0.6) is 29.3 Å². The SMILES string of the molecule is CCOP(=O)(OCC)C(NC(=O)COc1ccc(Oc2nc(OC)cc(OC)n2)cc1)c1ccc(Br)cc1. The van der Waals surface area contributed by atoms with E-state index >= 15 is 0 Å². The summed E-state index contributed by atoms with van der Waals surface area (Å²) < 4.78 is 46.9. The van der Waals surface area contributed by atoms with E-state index < -0.39 is 19.3 Å². The first-order valence-corrected chi connectivity index (χ1v) is 14.0. The van der Waals surface area contributed by atoms with Crippen LogP contribution in [-0.2, 0) is 18.4 Å². The molecule has 0 saturated heterocycles. The Labute approximate surface area is 229 Å². The van der Waals surface area contributed by atoms with E-state index in [1.807, 2.05) is 0 Å². The second kappa shape index (κ2) is 14.1. The van der Waals surface area contributed by atoms with Crippen LogP contribution in [0.25, 0.3) is 0 Å². The lowest BCUT2D eigenvalue weighted by Crippen LogP contribution is -2.33. The second-order valence-electron chi connectivity index (χ2n) is 7.49. The van der Waals surface area contributed by atoms with Gasteiger partial charge in [0.15, 0.2) is 12.4 Å². The Morgan fingerprint density at radius 1 is 0.921 bits per heavy atom. The van der Waals surface area contributed by atoms with Gasteiger partial charge in [0.05, 0.1) is 33.5 Å². The Morgan fingerprint density at radius 2 is 1.47 bits per heavy atom. The standard InChI is InChI=1S/C25H29BrN3O8P/c1-5-35-38(31,36-6-2)24(17-7-9-18(26)10-8-17)27-21(30)16-34-19-11-13-20(14-12-19)37-25-28-22(32-3)15-23(29-25)33-4/h7-15,24H,5-6,16H2,1-4H3,(H,27,30). The molecule has 0 aliphatic heterocycles. The number of hydrogen-bond acceptors (Lipinski definition) is 10. The monoisotopic (exact) mass is 609 g/mol. The number of carbonyl (C=O) groups is 1. The van der Waals surface area contributed by atoms with Gasteiger partial charge in [-0.1, -0.05) is 28.1 Å². The van der Waals surface area contributed by atoms with Crippen LogP contribution in [0.15, 0.2) is 59.1 Å². The van der Waals surface area contributed by atoms with Gasteiger partial charge < -0.3 is 33.3 Å². The van der Waals surface area contributed by atoms with E-state index in [0.29, 0.717) is 17.1 Å². The zero-order valence-corrected chi connectivity index (χ0v) is 23.9. The quantitative estimate of drug-likeness (QED) is 0.234. The van der Waals surface area contributed by atoms with Crippen LogP contribution in [-0.4, -0.2) is 49.9 Å². The summed E-state index contributed by atoms with van der Waals surface area (Å²) >= 11 is 3.38. The van der Waals surface area contributed by atoms with Crippen LogP contribution < -0.4 is 24.3 Å². The molecule has 3 aromatic rings. The molecule has 204 valence electrons. The lowest BCUT2D eigenvalue weighted by molar-refractivity contribution is -0.123. The largest absolute Gasteiger partial charge is 0.484 e. The van der Waals surface area contributed by atoms with Gasteiger partial charge in [-0.05, 0) is 55.8 Å². The molecule has 2 aromatic carbocycles. The van der Waals surface area contributed by atoms with E-state index in [0.717, 1.165) is 4.47 Å². The average Bonchev–Trinajstić information content (AvgIpc) is 2.92. The average molecular weight is 610 g/mol. The summed E-state index contributed by atoms with van der Waals surface area (Å²) in [5.41, 5.74) is 0.574. The molecule has 0 bridgehead atoms. The van der Waals surface area contributed by atoms with Crippen LogP contribution in [0.1, 0.15) is 25.2 Å². The van der Waals surface area contributed by atoms with Gasteiger partial charge in [0.2, 0.25) is 11.8 Å². The zero-order chi connectivity index (χ0) is 27.5.